The van der Waals surface area contributed by atoms with Crippen LogP contribution in [0.15, 0.2) is 22.7 Å². The summed E-state index contributed by atoms with van der Waals surface area (Å²) in [7, 11) is 0. The van der Waals surface area contributed by atoms with Crippen LogP contribution in [-0.4, -0.2) is 11.9 Å². The van der Waals surface area contributed by atoms with Crippen LogP contribution in [0.25, 0.3) is 0 Å². The minimum Gasteiger partial charge on any atom is -0.349 e. The van der Waals surface area contributed by atoms with Gasteiger partial charge in [0.15, 0.2) is 0 Å². The summed E-state index contributed by atoms with van der Waals surface area (Å²) in [6, 6.07) is 6.17. The number of halogens is 2. The largest absolute Gasteiger partial charge is 0.349 e. The molecular weight excluding hydrogens is 381 g/mol. The monoisotopic (exact) mass is 393 g/mol. The van der Waals surface area contributed by atoms with Gasteiger partial charge >= 0.3 is 0 Å². The van der Waals surface area contributed by atoms with E-state index in [4.69, 9.17) is 0 Å². The normalized spacial score (nSPS) is 23.7. The highest BCUT2D eigenvalue weighted by molar-refractivity contribution is 14.1. The van der Waals surface area contributed by atoms with Crippen LogP contribution in [-0.2, 0) is 0 Å². The van der Waals surface area contributed by atoms with E-state index in [0.29, 0.717) is 6.04 Å². The fourth-order valence-electron chi connectivity index (χ4n) is 1.95. The maximum absolute atomic E-state index is 12.0. The van der Waals surface area contributed by atoms with Crippen LogP contribution >= 0.6 is 38.5 Å². The second kappa shape index (κ2) is 5.04. The molecule has 2 rings (SSSR count). The molecule has 2 nitrogen and oxygen atoms in total. The Hall–Kier alpha value is -0.100. The highest BCUT2D eigenvalue weighted by Gasteiger charge is 2.27. The summed E-state index contributed by atoms with van der Waals surface area (Å²) in [5.74, 6) is 0.784. The van der Waals surface area contributed by atoms with Crippen molar-refractivity contribution in [3.05, 3.63) is 31.8 Å². The summed E-state index contributed by atoms with van der Waals surface area (Å²) in [5.41, 5.74) is 0.728. The second-order valence-electron chi connectivity index (χ2n) is 4.37. The number of amides is 1. The van der Waals surface area contributed by atoms with Gasteiger partial charge in [0, 0.05) is 14.1 Å². The zero-order chi connectivity index (χ0) is 11.7. The lowest BCUT2D eigenvalue weighted by molar-refractivity contribution is 0.0895. The zero-order valence-electron chi connectivity index (χ0n) is 8.97. The van der Waals surface area contributed by atoms with Gasteiger partial charge in [-0.1, -0.05) is 6.92 Å². The molecule has 16 heavy (non-hydrogen) atoms. The highest BCUT2D eigenvalue weighted by atomic mass is 127. The molecule has 0 atom stereocenters. The average Bonchev–Trinajstić information content (AvgIpc) is 2.19. The van der Waals surface area contributed by atoms with Crippen molar-refractivity contribution in [2.45, 2.75) is 25.8 Å². The number of carbonyl (C=O) groups excluding carboxylic acids is 1. The smallest absolute Gasteiger partial charge is 0.252 e. The third-order valence-corrected chi connectivity index (χ3v) is 4.24. The first kappa shape index (κ1) is 12.4. The SMILES string of the molecule is CC1CC(NC(=O)c2cc(I)ccc2Br)C1. The third-order valence-electron chi connectivity index (χ3n) is 2.88. The van der Waals surface area contributed by atoms with Gasteiger partial charge in [0.25, 0.3) is 5.91 Å². The van der Waals surface area contributed by atoms with Gasteiger partial charge in [0.2, 0.25) is 0 Å². The molecule has 0 saturated heterocycles. The van der Waals surface area contributed by atoms with Crippen LogP contribution in [0, 0.1) is 9.49 Å². The number of nitrogens with one attached hydrogen (secondary N) is 1. The van der Waals surface area contributed by atoms with Gasteiger partial charge in [0.1, 0.15) is 0 Å². The molecule has 1 N–H and O–H groups in total. The molecule has 1 aromatic rings. The summed E-state index contributed by atoms with van der Waals surface area (Å²) in [4.78, 5) is 12.0. The molecule has 0 bridgehead atoms. The van der Waals surface area contributed by atoms with Crippen LogP contribution < -0.4 is 5.32 Å². The highest BCUT2D eigenvalue weighted by Crippen LogP contribution is 2.27. The lowest BCUT2D eigenvalue weighted by Crippen LogP contribution is -2.43. The predicted molar refractivity (Wildman–Crippen MR) is 76.5 cm³/mol. The van der Waals surface area contributed by atoms with Crippen LogP contribution in [0.3, 0.4) is 0 Å². The Balaban J connectivity index is 2.05. The topological polar surface area (TPSA) is 29.1 Å². The summed E-state index contributed by atoms with van der Waals surface area (Å²) in [5, 5.41) is 3.06. The maximum Gasteiger partial charge on any atom is 0.252 e. The van der Waals surface area contributed by atoms with Gasteiger partial charge in [0.05, 0.1) is 5.56 Å². The molecule has 86 valence electrons. The quantitative estimate of drug-likeness (QED) is 0.764. The third kappa shape index (κ3) is 2.77. The summed E-state index contributed by atoms with van der Waals surface area (Å²) >= 11 is 5.62. The number of carbonyl (C=O) groups is 1. The van der Waals surface area contributed by atoms with E-state index in [2.05, 4.69) is 50.8 Å². The molecule has 0 spiro atoms. The van der Waals surface area contributed by atoms with Crippen molar-refractivity contribution in [1.29, 1.82) is 0 Å². The van der Waals surface area contributed by atoms with Crippen LogP contribution in [0.1, 0.15) is 30.1 Å². The Morgan fingerprint density at radius 1 is 1.50 bits per heavy atom. The average molecular weight is 394 g/mol. The summed E-state index contributed by atoms with van der Waals surface area (Å²) < 4.78 is 1.94. The van der Waals surface area contributed by atoms with Crippen LogP contribution in [0.5, 0.6) is 0 Å². The molecule has 1 saturated carbocycles. The lowest BCUT2D eigenvalue weighted by atomic mass is 9.82. The fourth-order valence-corrected chi connectivity index (χ4v) is 2.87. The molecule has 4 heteroatoms. The summed E-state index contributed by atoms with van der Waals surface area (Å²) in [6.45, 7) is 2.21. The van der Waals surface area contributed by atoms with E-state index >= 15 is 0 Å². The molecule has 1 amide bonds. The van der Waals surface area contributed by atoms with Gasteiger partial charge in [-0.25, -0.2) is 0 Å². The van der Waals surface area contributed by atoms with Crippen molar-refractivity contribution in [3.63, 3.8) is 0 Å². The molecule has 0 radical (unpaired) electrons. The molecular formula is C12H13BrINO. The fraction of sp³-hybridized carbons (Fsp3) is 0.417. The molecule has 0 heterocycles. The maximum atomic E-state index is 12.0. The van der Waals surface area contributed by atoms with Crippen molar-refractivity contribution in [3.8, 4) is 0 Å². The van der Waals surface area contributed by atoms with E-state index in [-0.39, 0.29) is 5.91 Å². The molecule has 1 fully saturated rings. The number of hydrogen-bond donors (Lipinski definition) is 1. The van der Waals surface area contributed by atoms with E-state index in [1.807, 2.05) is 18.2 Å². The van der Waals surface area contributed by atoms with Gasteiger partial charge in [-0.05, 0) is 75.5 Å². The van der Waals surface area contributed by atoms with Crippen molar-refractivity contribution >= 4 is 44.4 Å². The molecule has 1 aromatic carbocycles. The molecule has 0 aromatic heterocycles. The molecule has 1 aliphatic rings. The van der Waals surface area contributed by atoms with Crippen molar-refractivity contribution in [2.24, 2.45) is 5.92 Å². The van der Waals surface area contributed by atoms with Gasteiger partial charge < -0.3 is 5.32 Å². The Bertz CT molecular complexity index is 415. The van der Waals surface area contributed by atoms with Crippen LogP contribution in [0.4, 0.5) is 0 Å². The first-order valence-corrected chi connectivity index (χ1v) is 7.19. The number of benzene rings is 1. The number of rotatable bonds is 2. The Kier molecular flexibility index (Phi) is 3.89. The Morgan fingerprint density at radius 3 is 2.81 bits per heavy atom. The van der Waals surface area contributed by atoms with E-state index in [9.17, 15) is 4.79 Å². The van der Waals surface area contributed by atoms with Gasteiger partial charge in [-0.3, -0.25) is 4.79 Å². The van der Waals surface area contributed by atoms with E-state index in [0.717, 1.165) is 32.4 Å². The first-order valence-electron chi connectivity index (χ1n) is 5.32. The lowest BCUT2D eigenvalue weighted by Gasteiger charge is -2.33. The van der Waals surface area contributed by atoms with Crippen LogP contribution in [0.2, 0.25) is 0 Å². The molecule has 0 aliphatic heterocycles. The summed E-state index contributed by atoms with van der Waals surface area (Å²) in [6.07, 6.45) is 2.21. The van der Waals surface area contributed by atoms with E-state index < -0.39 is 0 Å². The standard InChI is InChI=1S/C12H13BrINO/c1-7-4-9(5-7)15-12(16)10-6-8(14)2-3-11(10)13/h2-3,6-7,9H,4-5H2,1H3,(H,15,16). The van der Waals surface area contributed by atoms with Gasteiger partial charge in [-0.15, -0.1) is 0 Å². The van der Waals surface area contributed by atoms with E-state index in [1.165, 1.54) is 0 Å². The van der Waals surface area contributed by atoms with Crippen molar-refractivity contribution in [1.82, 2.24) is 5.32 Å². The van der Waals surface area contributed by atoms with Crippen molar-refractivity contribution < 1.29 is 4.79 Å². The van der Waals surface area contributed by atoms with Crippen molar-refractivity contribution in [2.75, 3.05) is 0 Å². The second-order valence-corrected chi connectivity index (χ2v) is 6.47. The molecule has 0 unspecified atom stereocenters. The van der Waals surface area contributed by atoms with E-state index in [1.54, 1.807) is 0 Å². The predicted octanol–water partition coefficient (Wildman–Crippen LogP) is 3.58. The Labute approximate surface area is 117 Å². The first-order chi connectivity index (χ1) is 7.56. The Morgan fingerprint density at radius 2 is 2.19 bits per heavy atom. The van der Waals surface area contributed by atoms with Gasteiger partial charge in [-0.2, -0.15) is 0 Å². The molecule has 1 aliphatic carbocycles. The minimum atomic E-state index is 0.0299. The zero-order valence-corrected chi connectivity index (χ0v) is 12.7. The minimum absolute atomic E-state index is 0.0299. The number of hydrogen-bond acceptors (Lipinski definition) is 1.